The number of nitrogens with one attached hydrogen (secondary N) is 2. The molecule has 0 unspecified atom stereocenters. The van der Waals surface area contributed by atoms with Crippen molar-refractivity contribution in [2.24, 2.45) is 0 Å². The zero-order chi connectivity index (χ0) is 18.7. The van der Waals surface area contributed by atoms with E-state index in [1.165, 1.54) is 4.68 Å². The third kappa shape index (κ3) is 4.47. The molecule has 2 amide bonds. The van der Waals surface area contributed by atoms with Crippen molar-refractivity contribution >= 4 is 11.7 Å². The average Bonchev–Trinajstić information content (AvgIpc) is 3.34. The molecule has 1 aliphatic carbocycles. The van der Waals surface area contributed by atoms with Crippen LogP contribution in [0.1, 0.15) is 30.1 Å². The molecule has 2 aromatic rings. The van der Waals surface area contributed by atoms with E-state index in [4.69, 9.17) is 4.74 Å². The minimum atomic E-state index is -4.46. The smallest absolute Gasteiger partial charge is 0.435 e. The number of methoxy groups -OCH3 is 1. The molecular weight excluding hydrogens is 349 g/mol. The first-order chi connectivity index (χ1) is 12.4. The first-order valence-electron chi connectivity index (χ1n) is 8.20. The fraction of sp³-hybridized carbons (Fsp3) is 0.412. The lowest BCUT2D eigenvalue weighted by molar-refractivity contribution is -0.141. The van der Waals surface area contributed by atoms with E-state index < -0.39 is 17.9 Å². The maximum Gasteiger partial charge on any atom is 0.435 e. The van der Waals surface area contributed by atoms with Gasteiger partial charge in [0, 0.05) is 23.8 Å². The predicted octanol–water partition coefficient (Wildman–Crippen LogP) is 3.61. The third-order valence-corrected chi connectivity index (χ3v) is 4.05. The van der Waals surface area contributed by atoms with E-state index in [9.17, 15) is 18.0 Å². The molecule has 26 heavy (non-hydrogen) atoms. The van der Waals surface area contributed by atoms with Crippen molar-refractivity contribution < 1.29 is 22.7 Å². The molecule has 0 aliphatic heterocycles. The quantitative estimate of drug-likeness (QED) is 0.819. The summed E-state index contributed by atoms with van der Waals surface area (Å²) in [6.07, 6.45) is -2.73. The molecule has 1 aromatic heterocycles. The lowest BCUT2D eigenvalue weighted by Crippen LogP contribution is -2.32. The molecule has 1 aromatic carbocycles. The molecule has 2 N–H and O–H groups in total. The van der Waals surface area contributed by atoms with Crippen molar-refractivity contribution in [2.45, 2.75) is 31.5 Å². The van der Waals surface area contributed by atoms with Gasteiger partial charge in [0.05, 0.1) is 13.7 Å². The van der Waals surface area contributed by atoms with Crippen LogP contribution in [0, 0.1) is 0 Å². The highest BCUT2D eigenvalue weighted by molar-refractivity contribution is 5.89. The summed E-state index contributed by atoms with van der Waals surface area (Å²) in [5.74, 6) is 0.800. The Morgan fingerprint density at radius 1 is 1.31 bits per heavy atom. The van der Waals surface area contributed by atoms with Crippen LogP contribution in [0.25, 0.3) is 0 Å². The molecule has 0 atom stereocenters. The van der Waals surface area contributed by atoms with Gasteiger partial charge in [0.2, 0.25) is 0 Å². The van der Waals surface area contributed by atoms with E-state index in [0.29, 0.717) is 17.1 Å². The Bertz CT molecular complexity index is 767. The van der Waals surface area contributed by atoms with Crippen LogP contribution in [0.4, 0.5) is 23.7 Å². The van der Waals surface area contributed by atoms with E-state index >= 15 is 0 Å². The lowest BCUT2D eigenvalue weighted by atomic mass is 10.2. The SMILES string of the molecule is COc1ccc(NC(=O)NCCn2nc(C(F)(F)F)cc2C2CC2)cc1. The van der Waals surface area contributed by atoms with Gasteiger partial charge in [-0.25, -0.2) is 4.79 Å². The number of hydrogen-bond donors (Lipinski definition) is 2. The Kier molecular flexibility index (Phi) is 5.06. The minimum absolute atomic E-state index is 0.131. The number of amides is 2. The number of carbonyl (C=O) groups is 1. The maximum atomic E-state index is 12.8. The second-order valence-corrected chi connectivity index (χ2v) is 6.06. The van der Waals surface area contributed by atoms with Crippen LogP contribution < -0.4 is 15.4 Å². The summed E-state index contributed by atoms with van der Waals surface area (Å²) in [6, 6.07) is 7.46. The van der Waals surface area contributed by atoms with E-state index in [1.807, 2.05) is 0 Å². The Morgan fingerprint density at radius 3 is 2.58 bits per heavy atom. The number of anilines is 1. The van der Waals surface area contributed by atoms with Gasteiger partial charge in [0.15, 0.2) is 5.69 Å². The number of rotatable bonds is 6. The van der Waals surface area contributed by atoms with Gasteiger partial charge in [-0.1, -0.05) is 0 Å². The molecule has 0 radical (unpaired) electrons. The van der Waals surface area contributed by atoms with Gasteiger partial charge >= 0.3 is 12.2 Å². The molecule has 1 fully saturated rings. The molecule has 1 aliphatic rings. The number of benzene rings is 1. The zero-order valence-electron chi connectivity index (χ0n) is 14.1. The number of hydrogen-bond acceptors (Lipinski definition) is 3. The number of halogens is 3. The van der Waals surface area contributed by atoms with E-state index in [-0.39, 0.29) is 19.0 Å². The van der Waals surface area contributed by atoms with Crippen LogP contribution in [0.2, 0.25) is 0 Å². The summed E-state index contributed by atoms with van der Waals surface area (Å²) < 4.78 is 44.9. The standard InChI is InChI=1S/C17H19F3N4O2/c1-26-13-6-4-12(5-7-13)22-16(25)21-8-9-24-14(11-2-3-11)10-15(23-24)17(18,19)20/h4-7,10-11H,2-3,8-9H2,1H3,(H2,21,22,25). The first-order valence-corrected chi connectivity index (χ1v) is 8.20. The molecule has 6 nitrogen and oxygen atoms in total. The summed E-state index contributed by atoms with van der Waals surface area (Å²) in [7, 11) is 1.55. The predicted molar refractivity (Wildman–Crippen MR) is 89.2 cm³/mol. The van der Waals surface area contributed by atoms with Crippen molar-refractivity contribution in [1.82, 2.24) is 15.1 Å². The normalized spacial score (nSPS) is 14.2. The van der Waals surface area contributed by atoms with Crippen LogP contribution in [0.3, 0.4) is 0 Å². The summed E-state index contributed by atoms with van der Waals surface area (Å²) in [6.45, 7) is 0.346. The second-order valence-electron chi connectivity index (χ2n) is 6.06. The molecule has 3 rings (SSSR count). The zero-order valence-corrected chi connectivity index (χ0v) is 14.1. The molecule has 9 heteroatoms. The number of alkyl halides is 3. The van der Waals surface area contributed by atoms with E-state index in [0.717, 1.165) is 18.9 Å². The number of urea groups is 1. The topological polar surface area (TPSA) is 68.2 Å². The Balaban J connectivity index is 1.54. The molecule has 0 saturated heterocycles. The molecular formula is C17H19F3N4O2. The van der Waals surface area contributed by atoms with E-state index in [2.05, 4.69) is 15.7 Å². The second kappa shape index (κ2) is 7.27. The van der Waals surface area contributed by atoms with Crippen molar-refractivity contribution in [1.29, 1.82) is 0 Å². The Labute approximate surface area is 148 Å². The van der Waals surface area contributed by atoms with Crippen LogP contribution in [0.5, 0.6) is 5.75 Å². The summed E-state index contributed by atoms with van der Waals surface area (Å²) in [5.41, 5.74) is 0.275. The minimum Gasteiger partial charge on any atom is -0.497 e. The van der Waals surface area contributed by atoms with Gasteiger partial charge in [0.1, 0.15) is 5.75 Å². The van der Waals surface area contributed by atoms with Gasteiger partial charge in [-0.2, -0.15) is 18.3 Å². The highest BCUT2D eigenvalue weighted by Gasteiger charge is 2.37. The van der Waals surface area contributed by atoms with E-state index in [1.54, 1.807) is 31.4 Å². The van der Waals surface area contributed by atoms with Gasteiger partial charge < -0.3 is 15.4 Å². The van der Waals surface area contributed by atoms with Crippen LogP contribution >= 0.6 is 0 Å². The van der Waals surface area contributed by atoms with Crippen molar-refractivity contribution in [3.63, 3.8) is 0 Å². The number of ether oxygens (including phenoxy) is 1. The largest absolute Gasteiger partial charge is 0.497 e. The number of aromatic nitrogens is 2. The highest BCUT2D eigenvalue weighted by Crippen LogP contribution is 2.42. The molecule has 0 bridgehead atoms. The van der Waals surface area contributed by atoms with Gasteiger partial charge in [-0.05, 0) is 43.2 Å². The summed E-state index contributed by atoms with van der Waals surface area (Å²) >= 11 is 0. The summed E-state index contributed by atoms with van der Waals surface area (Å²) in [4.78, 5) is 11.9. The third-order valence-electron chi connectivity index (χ3n) is 4.05. The van der Waals surface area contributed by atoms with Gasteiger partial charge in [-0.15, -0.1) is 0 Å². The highest BCUT2D eigenvalue weighted by atomic mass is 19.4. The first kappa shape index (κ1) is 18.1. The van der Waals surface area contributed by atoms with Crippen molar-refractivity contribution in [3.05, 3.63) is 41.7 Å². The monoisotopic (exact) mass is 368 g/mol. The maximum absolute atomic E-state index is 12.8. The Morgan fingerprint density at radius 2 is 2.00 bits per heavy atom. The molecule has 1 heterocycles. The van der Waals surface area contributed by atoms with Crippen LogP contribution in [0.15, 0.2) is 30.3 Å². The average molecular weight is 368 g/mol. The Hall–Kier alpha value is -2.71. The van der Waals surface area contributed by atoms with Crippen molar-refractivity contribution in [2.75, 3.05) is 19.0 Å². The molecule has 140 valence electrons. The fourth-order valence-corrected chi connectivity index (χ4v) is 2.58. The van der Waals surface area contributed by atoms with Gasteiger partial charge in [0.25, 0.3) is 0 Å². The number of carbonyl (C=O) groups excluding carboxylic acids is 1. The lowest BCUT2D eigenvalue weighted by Gasteiger charge is -2.10. The fourth-order valence-electron chi connectivity index (χ4n) is 2.58. The molecule has 1 saturated carbocycles. The number of nitrogens with zero attached hydrogens (tertiary/aromatic N) is 2. The summed E-state index contributed by atoms with van der Waals surface area (Å²) in [5, 5.41) is 8.91. The molecule has 0 spiro atoms. The van der Waals surface area contributed by atoms with Gasteiger partial charge in [-0.3, -0.25) is 4.68 Å². The van der Waals surface area contributed by atoms with Crippen LogP contribution in [-0.4, -0.2) is 29.5 Å². The van der Waals surface area contributed by atoms with Crippen LogP contribution in [-0.2, 0) is 12.7 Å². The van der Waals surface area contributed by atoms with Crippen molar-refractivity contribution in [3.8, 4) is 5.75 Å².